The Morgan fingerprint density at radius 2 is 1.85 bits per heavy atom. The molecule has 1 aliphatic rings. The minimum absolute atomic E-state index is 0.0839. The molecule has 2 amide bonds. The third kappa shape index (κ3) is 4.62. The van der Waals surface area contributed by atoms with E-state index >= 15 is 0 Å². The molecule has 0 unspecified atom stereocenters. The second kappa shape index (κ2) is 8.64. The fraction of sp³-hybridized carbons (Fsp3) is 0.300. The molecule has 1 heterocycles. The van der Waals surface area contributed by atoms with Crippen molar-refractivity contribution in [1.82, 2.24) is 10.2 Å². The van der Waals surface area contributed by atoms with Crippen LogP contribution in [0.3, 0.4) is 0 Å². The summed E-state index contributed by atoms with van der Waals surface area (Å²) in [5, 5.41) is 3.16. The van der Waals surface area contributed by atoms with Gasteiger partial charge in [-0.3, -0.25) is 9.59 Å². The third-order valence-electron chi connectivity index (χ3n) is 4.47. The zero-order valence-corrected chi connectivity index (χ0v) is 14.9. The molecule has 1 aliphatic heterocycles. The number of hydrogen-bond acceptors (Lipinski definition) is 4. The number of benzene rings is 2. The van der Waals surface area contributed by atoms with E-state index in [4.69, 9.17) is 10.5 Å². The molecule has 0 aromatic heterocycles. The van der Waals surface area contributed by atoms with E-state index in [1.54, 1.807) is 35.2 Å². The van der Waals surface area contributed by atoms with Gasteiger partial charge in [0.05, 0.1) is 17.7 Å². The van der Waals surface area contributed by atoms with Gasteiger partial charge in [-0.25, -0.2) is 4.39 Å². The van der Waals surface area contributed by atoms with Gasteiger partial charge in [0.1, 0.15) is 11.6 Å². The number of nitrogens with two attached hydrogens (primary N) is 1. The van der Waals surface area contributed by atoms with Crippen molar-refractivity contribution < 1.29 is 18.7 Å². The summed E-state index contributed by atoms with van der Waals surface area (Å²) in [6.45, 7) is 2.85. The minimum atomic E-state index is -0.563. The van der Waals surface area contributed by atoms with Gasteiger partial charge in [0.15, 0.2) is 0 Å². The fourth-order valence-electron chi connectivity index (χ4n) is 3.00. The number of rotatable bonds is 6. The maximum atomic E-state index is 14.4. The molecule has 142 valence electrons. The van der Waals surface area contributed by atoms with Crippen LogP contribution >= 0.6 is 0 Å². The highest BCUT2D eigenvalue weighted by molar-refractivity contribution is 5.95. The molecule has 6 nitrogen and oxygen atoms in total. The Hall–Kier alpha value is -2.93. The maximum Gasteiger partial charge on any atom is 0.256 e. The standard InChI is InChI=1S/C20H22FN3O3/c21-17-13-14(5-6-15(17)20(26)24-10-8-23-9-11-24)7-12-27-18-4-2-1-3-16(18)19(22)25/h1-6,13,23H,7-12H2,(H2,22,25). The number of halogens is 1. The van der Waals surface area contributed by atoms with Crippen molar-refractivity contribution in [2.24, 2.45) is 5.73 Å². The summed E-state index contributed by atoms with van der Waals surface area (Å²) in [5.74, 6) is -0.982. The molecule has 1 saturated heterocycles. The summed E-state index contributed by atoms with van der Waals surface area (Å²) in [6, 6.07) is 11.3. The predicted octanol–water partition coefficient (Wildman–Crippen LogP) is 1.59. The van der Waals surface area contributed by atoms with Gasteiger partial charge < -0.3 is 20.7 Å². The van der Waals surface area contributed by atoms with Gasteiger partial charge in [-0.1, -0.05) is 18.2 Å². The second-order valence-electron chi connectivity index (χ2n) is 6.32. The summed E-state index contributed by atoms with van der Waals surface area (Å²) in [7, 11) is 0. The van der Waals surface area contributed by atoms with Crippen molar-refractivity contribution in [3.63, 3.8) is 0 Å². The van der Waals surface area contributed by atoms with Gasteiger partial charge >= 0.3 is 0 Å². The molecule has 3 N–H and O–H groups in total. The average Bonchev–Trinajstić information content (AvgIpc) is 2.68. The first-order valence-electron chi connectivity index (χ1n) is 8.86. The van der Waals surface area contributed by atoms with Crippen LogP contribution in [0.25, 0.3) is 0 Å². The predicted molar refractivity (Wildman–Crippen MR) is 99.3 cm³/mol. The first-order chi connectivity index (χ1) is 13.1. The smallest absolute Gasteiger partial charge is 0.256 e. The van der Waals surface area contributed by atoms with Crippen molar-refractivity contribution in [3.8, 4) is 5.75 Å². The summed E-state index contributed by atoms with van der Waals surface area (Å²) in [6.07, 6.45) is 0.437. The quantitative estimate of drug-likeness (QED) is 0.808. The number of para-hydroxylation sites is 1. The highest BCUT2D eigenvalue weighted by Crippen LogP contribution is 2.18. The van der Waals surface area contributed by atoms with E-state index in [0.717, 1.165) is 13.1 Å². The second-order valence-corrected chi connectivity index (χ2v) is 6.32. The number of carbonyl (C=O) groups excluding carboxylic acids is 2. The molecule has 0 saturated carbocycles. The van der Waals surface area contributed by atoms with Crippen LogP contribution in [0.15, 0.2) is 42.5 Å². The number of ether oxygens (including phenoxy) is 1. The zero-order chi connectivity index (χ0) is 19.2. The molecule has 0 radical (unpaired) electrons. The van der Waals surface area contributed by atoms with Gasteiger partial charge in [0, 0.05) is 32.6 Å². The lowest BCUT2D eigenvalue weighted by molar-refractivity contribution is 0.0731. The molecule has 3 rings (SSSR count). The van der Waals surface area contributed by atoms with E-state index < -0.39 is 11.7 Å². The number of piperazine rings is 1. The highest BCUT2D eigenvalue weighted by Gasteiger charge is 2.21. The number of primary amides is 1. The van der Waals surface area contributed by atoms with Crippen LogP contribution in [0.5, 0.6) is 5.75 Å². The molecule has 0 aliphatic carbocycles. The Morgan fingerprint density at radius 3 is 2.56 bits per heavy atom. The first-order valence-corrected chi connectivity index (χ1v) is 8.86. The normalized spacial score (nSPS) is 14.0. The Bertz CT molecular complexity index is 835. The Labute approximate surface area is 157 Å². The van der Waals surface area contributed by atoms with E-state index in [-0.39, 0.29) is 18.1 Å². The number of nitrogens with zero attached hydrogens (tertiary/aromatic N) is 1. The molecule has 2 aromatic rings. The Morgan fingerprint density at radius 1 is 1.11 bits per heavy atom. The first kappa shape index (κ1) is 18.8. The lowest BCUT2D eigenvalue weighted by Gasteiger charge is -2.27. The van der Waals surface area contributed by atoms with Crippen molar-refractivity contribution >= 4 is 11.8 Å². The van der Waals surface area contributed by atoms with Crippen molar-refractivity contribution in [1.29, 1.82) is 0 Å². The average molecular weight is 371 g/mol. The zero-order valence-electron chi connectivity index (χ0n) is 14.9. The molecule has 0 bridgehead atoms. The van der Waals surface area contributed by atoms with E-state index in [1.807, 2.05) is 0 Å². The largest absolute Gasteiger partial charge is 0.492 e. The van der Waals surface area contributed by atoms with Crippen LogP contribution in [0, 0.1) is 5.82 Å². The SMILES string of the molecule is NC(=O)c1ccccc1OCCc1ccc(C(=O)N2CCNCC2)c(F)c1. The lowest BCUT2D eigenvalue weighted by atomic mass is 10.1. The van der Waals surface area contributed by atoms with Crippen molar-refractivity contribution in [2.75, 3.05) is 32.8 Å². The topological polar surface area (TPSA) is 84.7 Å². The molecule has 1 fully saturated rings. The number of amides is 2. The molecular weight excluding hydrogens is 349 g/mol. The molecular formula is C20H22FN3O3. The highest BCUT2D eigenvalue weighted by atomic mass is 19.1. The fourth-order valence-corrected chi connectivity index (χ4v) is 3.00. The van der Waals surface area contributed by atoms with E-state index in [2.05, 4.69) is 5.32 Å². The van der Waals surface area contributed by atoms with E-state index in [1.165, 1.54) is 12.1 Å². The molecule has 0 atom stereocenters. The molecule has 27 heavy (non-hydrogen) atoms. The molecule has 2 aromatic carbocycles. The third-order valence-corrected chi connectivity index (χ3v) is 4.47. The van der Waals surface area contributed by atoms with E-state index in [9.17, 15) is 14.0 Å². The van der Waals surface area contributed by atoms with E-state index in [0.29, 0.717) is 36.4 Å². The number of nitrogens with one attached hydrogen (secondary N) is 1. The maximum absolute atomic E-state index is 14.4. The summed E-state index contributed by atoms with van der Waals surface area (Å²) in [5.41, 5.74) is 6.41. The van der Waals surface area contributed by atoms with Crippen LogP contribution in [0.1, 0.15) is 26.3 Å². The van der Waals surface area contributed by atoms with Gasteiger partial charge in [0.2, 0.25) is 0 Å². The summed E-state index contributed by atoms with van der Waals surface area (Å²) in [4.78, 5) is 25.5. The summed E-state index contributed by atoms with van der Waals surface area (Å²) < 4.78 is 20.0. The van der Waals surface area contributed by atoms with Crippen LogP contribution in [-0.4, -0.2) is 49.5 Å². The molecule has 0 spiro atoms. The Balaban J connectivity index is 1.61. The van der Waals surface area contributed by atoms with Crippen LogP contribution in [0.4, 0.5) is 4.39 Å². The Kier molecular flexibility index (Phi) is 6.03. The summed E-state index contributed by atoms with van der Waals surface area (Å²) >= 11 is 0. The van der Waals surface area contributed by atoms with Gasteiger partial charge in [-0.15, -0.1) is 0 Å². The van der Waals surface area contributed by atoms with Crippen molar-refractivity contribution in [3.05, 3.63) is 65.0 Å². The van der Waals surface area contributed by atoms with Gasteiger partial charge in [-0.05, 0) is 29.8 Å². The monoisotopic (exact) mass is 371 g/mol. The van der Waals surface area contributed by atoms with Crippen LogP contribution in [0.2, 0.25) is 0 Å². The lowest BCUT2D eigenvalue weighted by Crippen LogP contribution is -2.46. The molecule has 7 heteroatoms. The number of hydrogen-bond donors (Lipinski definition) is 2. The van der Waals surface area contributed by atoms with Crippen LogP contribution in [-0.2, 0) is 6.42 Å². The minimum Gasteiger partial charge on any atom is -0.492 e. The van der Waals surface area contributed by atoms with Gasteiger partial charge in [-0.2, -0.15) is 0 Å². The van der Waals surface area contributed by atoms with Crippen molar-refractivity contribution in [2.45, 2.75) is 6.42 Å². The van der Waals surface area contributed by atoms with Gasteiger partial charge in [0.25, 0.3) is 11.8 Å². The number of carbonyl (C=O) groups is 2. The van der Waals surface area contributed by atoms with Crippen LogP contribution < -0.4 is 15.8 Å².